The molecular weight excluding hydrogens is 302 g/mol. The van der Waals surface area contributed by atoms with Crippen molar-refractivity contribution in [3.63, 3.8) is 0 Å². The number of nitrogens with zero attached hydrogens (tertiary/aromatic N) is 2. The summed E-state index contributed by atoms with van der Waals surface area (Å²) in [6.07, 6.45) is 2.45. The number of imide groups is 1. The maximum atomic E-state index is 11.5. The van der Waals surface area contributed by atoms with E-state index >= 15 is 0 Å². The van der Waals surface area contributed by atoms with E-state index in [-0.39, 0.29) is 23.2 Å². The van der Waals surface area contributed by atoms with Gasteiger partial charge in [0.2, 0.25) is 5.91 Å². The van der Waals surface area contributed by atoms with Crippen LogP contribution in [0.15, 0.2) is 4.99 Å². The number of nitrogens with one attached hydrogen (secondary N) is 3. The minimum Gasteiger partial charge on any atom is -0.357 e. The Balaban J connectivity index is 1.80. The standard InChI is InChI=1S/C14H25N5O2S/c1-3-15-12(18-10-14(2)5-4-8-22-14)16-6-7-19-11(20)9-17-13(19)21/h3-10H2,1-2H3,(H,17,21)(H2,15,16,18). The second-order valence-corrected chi connectivity index (χ2v) is 7.41. The summed E-state index contributed by atoms with van der Waals surface area (Å²) in [5.41, 5.74) is 0. The largest absolute Gasteiger partial charge is 0.357 e. The highest BCUT2D eigenvalue weighted by atomic mass is 32.2. The van der Waals surface area contributed by atoms with E-state index in [2.05, 4.69) is 27.9 Å². The van der Waals surface area contributed by atoms with Gasteiger partial charge < -0.3 is 16.0 Å². The molecule has 2 heterocycles. The zero-order valence-electron chi connectivity index (χ0n) is 13.3. The molecule has 2 aliphatic heterocycles. The van der Waals surface area contributed by atoms with Gasteiger partial charge in [-0.3, -0.25) is 14.7 Å². The van der Waals surface area contributed by atoms with E-state index in [9.17, 15) is 9.59 Å². The van der Waals surface area contributed by atoms with Crippen molar-refractivity contribution in [2.75, 3.05) is 38.5 Å². The Hall–Kier alpha value is -1.44. The molecule has 0 saturated carbocycles. The van der Waals surface area contributed by atoms with E-state index < -0.39 is 0 Å². The van der Waals surface area contributed by atoms with E-state index in [1.807, 2.05) is 18.7 Å². The highest BCUT2D eigenvalue weighted by molar-refractivity contribution is 8.00. The number of guanidine groups is 1. The molecule has 8 heteroatoms. The predicted molar refractivity (Wildman–Crippen MR) is 89.2 cm³/mol. The molecule has 2 fully saturated rings. The van der Waals surface area contributed by atoms with Gasteiger partial charge in [-0.05, 0) is 32.4 Å². The number of thioether (sulfide) groups is 1. The second kappa shape index (κ2) is 7.71. The van der Waals surface area contributed by atoms with Crippen LogP contribution in [0.2, 0.25) is 0 Å². The summed E-state index contributed by atoms with van der Waals surface area (Å²) >= 11 is 1.98. The summed E-state index contributed by atoms with van der Waals surface area (Å²) < 4.78 is 0.229. The third kappa shape index (κ3) is 4.53. The van der Waals surface area contributed by atoms with Crippen LogP contribution in [-0.4, -0.2) is 66.0 Å². The van der Waals surface area contributed by atoms with E-state index in [1.165, 1.54) is 23.5 Å². The number of rotatable bonds is 6. The quantitative estimate of drug-likeness (QED) is 0.373. The predicted octanol–water partition coefficient (Wildman–Crippen LogP) is 0.379. The van der Waals surface area contributed by atoms with Crippen molar-refractivity contribution in [1.29, 1.82) is 0 Å². The number of carbonyl (C=O) groups is 2. The van der Waals surface area contributed by atoms with Gasteiger partial charge in [0.1, 0.15) is 0 Å². The summed E-state index contributed by atoms with van der Waals surface area (Å²) in [6.45, 7) is 6.76. The summed E-state index contributed by atoms with van der Waals surface area (Å²) in [5, 5.41) is 8.89. The Kier molecular flexibility index (Phi) is 5.93. The minimum atomic E-state index is -0.316. The summed E-state index contributed by atoms with van der Waals surface area (Å²) in [5.74, 6) is 1.77. The topological polar surface area (TPSA) is 85.8 Å². The third-order valence-electron chi connectivity index (χ3n) is 3.78. The first-order valence-corrected chi connectivity index (χ1v) is 8.77. The van der Waals surface area contributed by atoms with E-state index in [0.29, 0.717) is 13.1 Å². The van der Waals surface area contributed by atoms with Gasteiger partial charge in [0.05, 0.1) is 13.1 Å². The van der Waals surface area contributed by atoms with E-state index in [1.54, 1.807) is 0 Å². The van der Waals surface area contributed by atoms with Crippen LogP contribution >= 0.6 is 11.8 Å². The van der Waals surface area contributed by atoms with E-state index in [4.69, 9.17) is 0 Å². The lowest BCUT2D eigenvalue weighted by atomic mass is 10.1. The SMILES string of the molecule is CCNC(=NCC1(C)CCCS1)NCCN1C(=O)CNC1=O. The van der Waals surface area contributed by atoms with Crippen LogP contribution < -0.4 is 16.0 Å². The fourth-order valence-electron chi connectivity index (χ4n) is 2.52. The fourth-order valence-corrected chi connectivity index (χ4v) is 3.74. The van der Waals surface area contributed by atoms with Gasteiger partial charge in [-0.2, -0.15) is 11.8 Å². The molecule has 3 N–H and O–H groups in total. The van der Waals surface area contributed by atoms with Gasteiger partial charge >= 0.3 is 6.03 Å². The normalized spacial score (nSPS) is 25.5. The van der Waals surface area contributed by atoms with Crippen LogP contribution in [0.1, 0.15) is 26.7 Å². The van der Waals surface area contributed by atoms with Crippen molar-refractivity contribution >= 4 is 29.7 Å². The molecule has 0 spiro atoms. The van der Waals surface area contributed by atoms with Crippen molar-refractivity contribution in [3.05, 3.63) is 0 Å². The Bertz CT molecular complexity index is 433. The minimum absolute atomic E-state index is 0.0998. The molecule has 1 atom stereocenters. The molecule has 22 heavy (non-hydrogen) atoms. The van der Waals surface area contributed by atoms with Crippen molar-refractivity contribution in [3.8, 4) is 0 Å². The maximum Gasteiger partial charge on any atom is 0.324 e. The van der Waals surface area contributed by atoms with Gasteiger partial charge in [-0.1, -0.05) is 0 Å². The third-order valence-corrected chi connectivity index (χ3v) is 5.30. The van der Waals surface area contributed by atoms with Gasteiger partial charge in [0.25, 0.3) is 0 Å². The Labute approximate surface area is 135 Å². The number of hydrogen-bond donors (Lipinski definition) is 3. The van der Waals surface area contributed by atoms with Crippen molar-refractivity contribution in [1.82, 2.24) is 20.9 Å². The van der Waals surface area contributed by atoms with Crippen LogP contribution in [0, 0.1) is 0 Å². The maximum absolute atomic E-state index is 11.5. The fraction of sp³-hybridized carbons (Fsp3) is 0.786. The van der Waals surface area contributed by atoms with Gasteiger partial charge in [0.15, 0.2) is 5.96 Å². The highest BCUT2D eigenvalue weighted by Crippen LogP contribution is 2.37. The molecule has 0 aliphatic carbocycles. The van der Waals surface area contributed by atoms with Crippen molar-refractivity contribution in [2.24, 2.45) is 4.99 Å². The van der Waals surface area contributed by atoms with Crippen molar-refractivity contribution in [2.45, 2.75) is 31.4 Å². The van der Waals surface area contributed by atoms with Crippen LogP contribution in [-0.2, 0) is 4.79 Å². The van der Waals surface area contributed by atoms with Crippen molar-refractivity contribution < 1.29 is 9.59 Å². The molecule has 1 unspecified atom stereocenters. The lowest BCUT2D eigenvalue weighted by Gasteiger charge is -2.21. The zero-order chi connectivity index (χ0) is 16.0. The first kappa shape index (κ1) is 16.9. The van der Waals surface area contributed by atoms with Gasteiger partial charge in [-0.25, -0.2) is 4.79 Å². The molecular formula is C14H25N5O2S. The molecule has 0 radical (unpaired) electrons. The summed E-state index contributed by atoms with van der Waals surface area (Å²) in [6, 6.07) is -0.316. The molecule has 0 aromatic carbocycles. The van der Waals surface area contributed by atoms with Crippen LogP contribution in [0.5, 0.6) is 0 Å². The lowest BCUT2D eigenvalue weighted by molar-refractivity contribution is -0.124. The molecule has 2 saturated heterocycles. The molecule has 7 nitrogen and oxygen atoms in total. The first-order valence-electron chi connectivity index (χ1n) is 7.78. The number of aliphatic imine (C=N–C) groups is 1. The second-order valence-electron chi connectivity index (χ2n) is 5.73. The Morgan fingerprint density at radius 3 is 2.86 bits per heavy atom. The molecule has 0 bridgehead atoms. The first-order chi connectivity index (χ1) is 10.5. The summed E-state index contributed by atoms with van der Waals surface area (Å²) in [7, 11) is 0. The average molecular weight is 327 g/mol. The van der Waals surface area contributed by atoms with Crippen LogP contribution in [0.3, 0.4) is 0 Å². The molecule has 0 aromatic rings. The van der Waals surface area contributed by atoms with E-state index in [0.717, 1.165) is 19.0 Å². The average Bonchev–Trinajstić information content (AvgIpc) is 3.05. The summed E-state index contributed by atoms with van der Waals surface area (Å²) in [4.78, 5) is 28.8. The van der Waals surface area contributed by atoms with Crippen LogP contribution in [0.25, 0.3) is 0 Å². The monoisotopic (exact) mass is 327 g/mol. The lowest BCUT2D eigenvalue weighted by Crippen LogP contribution is -2.43. The smallest absolute Gasteiger partial charge is 0.324 e. The van der Waals surface area contributed by atoms with Crippen LogP contribution in [0.4, 0.5) is 4.79 Å². The Morgan fingerprint density at radius 1 is 1.45 bits per heavy atom. The number of carbonyl (C=O) groups excluding carboxylic acids is 2. The molecule has 2 aliphatic rings. The number of amides is 3. The number of urea groups is 1. The molecule has 124 valence electrons. The Morgan fingerprint density at radius 2 is 2.27 bits per heavy atom. The van der Waals surface area contributed by atoms with Gasteiger partial charge in [0, 0.05) is 24.4 Å². The molecule has 0 aromatic heterocycles. The molecule has 3 amide bonds. The zero-order valence-corrected chi connectivity index (χ0v) is 14.1. The highest BCUT2D eigenvalue weighted by Gasteiger charge is 2.29. The van der Waals surface area contributed by atoms with Gasteiger partial charge in [-0.15, -0.1) is 0 Å². The number of hydrogen-bond acceptors (Lipinski definition) is 4. The molecule has 2 rings (SSSR count).